The van der Waals surface area contributed by atoms with E-state index >= 15 is 0 Å². The van der Waals surface area contributed by atoms with Gasteiger partial charge >= 0.3 is 12.0 Å². The summed E-state index contributed by atoms with van der Waals surface area (Å²) in [6.07, 6.45) is 2.52. The Kier molecular flexibility index (Phi) is 11.6. The third-order valence-corrected chi connectivity index (χ3v) is 8.77. The Labute approximate surface area is 262 Å². The third-order valence-electron chi connectivity index (χ3n) is 7.85. The fourth-order valence-electron chi connectivity index (χ4n) is 5.48. The molecule has 43 heavy (non-hydrogen) atoms. The number of pyridine rings is 1. The predicted molar refractivity (Wildman–Crippen MR) is 171 cm³/mol. The highest BCUT2D eigenvalue weighted by Gasteiger charge is 2.30. The lowest BCUT2D eigenvalue weighted by molar-refractivity contribution is 0.0526. The van der Waals surface area contributed by atoms with Crippen LogP contribution in [-0.4, -0.2) is 71.0 Å². The van der Waals surface area contributed by atoms with E-state index in [0.717, 1.165) is 43.5 Å². The van der Waals surface area contributed by atoms with Crippen molar-refractivity contribution in [3.63, 3.8) is 0 Å². The number of carbonyl (C=O) groups is 3. The van der Waals surface area contributed by atoms with Crippen LogP contribution in [0.4, 0.5) is 10.5 Å². The van der Waals surface area contributed by atoms with Crippen LogP contribution in [0.25, 0.3) is 0 Å². The highest BCUT2D eigenvalue weighted by molar-refractivity contribution is 7.07. The smallest absolute Gasteiger partial charge is 0.338 e. The minimum atomic E-state index is -0.383. The summed E-state index contributed by atoms with van der Waals surface area (Å²) in [7, 11) is 0. The SMILES string of the molecule is CCOC(=O)c1ccc(NC(=O)N(Cc2ccsc2)C2CCN([C@H](C)CCNC(=O)c3c(C)cc(Cl)nc3C)CC2)cc1. The van der Waals surface area contributed by atoms with Gasteiger partial charge in [-0.05, 0) is 105 Å². The number of aryl methyl sites for hydroxylation is 2. The van der Waals surface area contributed by atoms with Crippen molar-refractivity contribution in [1.29, 1.82) is 0 Å². The number of likely N-dealkylation sites (tertiary alicyclic amines) is 1. The number of nitrogens with zero attached hydrogens (tertiary/aromatic N) is 3. The molecule has 4 rings (SSSR count). The molecule has 1 atom stereocenters. The Bertz CT molecular complexity index is 1370. The molecule has 0 unspecified atom stereocenters. The van der Waals surface area contributed by atoms with Gasteiger partial charge in [-0.3, -0.25) is 4.79 Å². The molecule has 0 spiro atoms. The Hall–Kier alpha value is -3.47. The summed E-state index contributed by atoms with van der Waals surface area (Å²) >= 11 is 7.63. The predicted octanol–water partition coefficient (Wildman–Crippen LogP) is 6.30. The van der Waals surface area contributed by atoms with Gasteiger partial charge < -0.3 is 25.2 Å². The number of hydrogen-bond donors (Lipinski definition) is 2. The summed E-state index contributed by atoms with van der Waals surface area (Å²) < 4.78 is 5.05. The van der Waals surface area contributed by atoms with E-state index in [9.17, 15) is 14.4 Å². The average Bonchev–Trinajstić information content (AvgIpc) is 3.49. The first-order valence-electron chi connectivity index (χ1n) is 14.7. The van der Waals surface area contributed by atoms with Gasteiger partial charge in [-0.15, -0.1) is 0 Å². The molecular weight excluding hydrogens is 586 g/mol. The molecule has 11 heteroatoms. The van der Waals surface area contributed by atoms with Gasteiger partial charge in [0.15, 0.2) is 0 Å². The molecular formula is C32H40ClN5O4S. The Morgan fingerprint density at radius 3 is 2.51 bits per heavy atom. The quantitative estimate of drug-likeness (QED) is 0.192. The highest BCUT2D eigenvalue weighted by atomic mass is 35.5. The Balaban J connectivity index is 1.31. The Morgan fingerprint density at radius 1 is 1.16 bits per heavy atom. The summed E-state index contributed by atoms with van der Waals surface area (Å²) in [5.41, 5.74) is 4.20. The van der Waals surface area contributed by atoms with Crippen molar-refractivity contribution in [3.05, 3.63) is 80.3 Å². The maximum Gasteiger partial charge on any atom is 0.338 e. The van der Waals surface area contributed by atoms with Crippen molar-refractivity contribution in [3.8, 4) is 0 Å². The number of urea groups is 1. The second kappa shape index (κ2) is 15.3. The summed E-state index contributed by atoms with van der Waals surface area (Å²) in [6, 6.07) is 10.7. The van der Waals surface area contributed by atoms with E-state index in [1.165, 1.54) is 0 Å². The molecule has 0 saturated carbocycles. The van der Waals surface area contributed by atoms with Crippen LogP contribution in [0.3, 0.4) is 0 Å². The fourth-order valence-corrected chi connectivity index (χ4v) is 6.43. The van der Waals surface area contributed by atoms with Crippen molar-refractivity contribution in [2.45, 2.75) is 65.6 Å². The summed E-state index contributed by atoms with van der Waals surface area (Å²) in [5, 5.41) is 10.5. The summed E-state index contributed by atoms with van der Waals surface area (Å²) in [6.45, 7) is 10.7. The number of rotatable bonds is 11. The minimum Gasteiger partial charge on any atom is -0.462 e. The third kappa shape index (κ3) is 8.78. The number of anilines is 1. The largest absolute Gasteiger partial charge is 0.462 e. The standard InChI is InChI=1S/C32H40ClN5O4S/c1-5-42-31(40)25-6-8-26(9-7-25)36-32(41)38(19-24-13-17-43-20-24)27-11-15-37(16-12-27)22(3)10-14-34-30(39)29-21(2)18-28(33)35-23(29)4/h6-9,13,17-18,20,22,27H,5,10-12,14-16,19H2,1-4H3,(H,34,39)(H,36,41)/t22-/m1/s1. The minimum absolute atomic E-state index is 0.0882. The lowest BCUT2D eigenvalue weighted by atomic mass is 10.0. The van der Waals surface area contributed by atoms with Crippen LogP contribution in [0, 0.1) is 13.8 Å². The van der Waals surface area contributed by atoms with E-state index in [2.05, 4.69) is 32.8 Å². The maximum absolute atomic E-state index is 13.5. The molecule has 3 amide bonds. The lowest BCUT2D eigenvalue weighted by Gasteiger charge is -2.40. The molecule has 1 fully saturated rings. The van der Waals surface area contributed by atoms with Gasteiger partial charge in [0.2, 0.25) is 0 Å². The van der Waals surface area contributed by atoms with Gasteiger partial charge in [0.05, 0.1) is 23.4 Å². The molecule has 0 aliphatic carbocycles. The summed E-state index contributed by atoms with van der Waals surface area (Å²) in [4.78, 5) is 46.9. The molecule has 1 aliphatic heterocycles. The number of carbonyl (C=O) groups excluding carboxylic acids is 3. The molecule has 3 heterocycles. The molecule has 0 bridgehead atoms. The first-order chi connectivity index (χ1) is 20.7. The molecule has 2 aromatic heterocycles. The van der Waals surface area contributed by atoms with Crippen molar-refractivity contribution in [1.82, 2.24) is 20.1 Å². The molecule has 2 N–H and O–H groups in total. The van der Waals surface area contributed by atoms with E-state index < -0.39 is 0 Å². The zero-order valence-electron chi connectivity index (χ0n) is 25.2. The average molecular weight is 626 g/mol. The van der Waals surface area contributed by atoms with E-state index in [1.54, 1.807) is 55.5 Å². The number of amides is 3. The van der Waals surface area contributed by atoms with Crippen LogP contribution in [0.5, 0.6) is 0 Å². The van der Waals surface area contributed by atoms with Gasteiger partial charge in [-0.2, -0.15) is 11.3 Å². The highest BCUT2D eigenvalue weighted by Crippen LogP contribution is 2.24. The number of aromatic nitrogens is 1. The number of nitrogens with one attached hydrogen (secondary N) is 2. The van der Waals surface area contributed by atoms with E-state index in [-0.39, 0.29) is 30.0 Å². The molecule has 230 valence electrons. The normalized spacial score (nSPS) is 14.6. The zero-order valence-corrected chi connectivity index (χ0v) is 26.8. The van der Waals surface area contributed by atoms with Gasteiger partial charge in [0.1, 0.15) is 5.15 Å². The van der Waals surface area contributed by atoms with Crippen molar-refractivity contribution in [2.75, 3.05) is 31.6 Å². The first-order valence-corrected chi connectivity index (χ1v) is 16.0. The fraction of sp³-hybridized carbons (Fsp3) is 0.438. The van der Waals surface area contributed by atoms with Crippen LogP contribution >= 0.6 is 22.9 Å². The van der Waals surface area contributed by atoms with Crippen LogP contribution in [0.15, 0.2) is 47.2 Å². The second-order valence-corrected chi connectivity index (χ2v) is 12.0. The number of esters is 1. The van der Waals surface area contributed by atoms with Crippen molar-refractivity contribution >= 4 is 46.5 Å². The number of piperidine rings is 1. The zero-order chi connectivity index (χ0) is 30.9. The monoisotopic (exact) mass is 625 g/mol. The van der Waals surface area contributed by atoms with Crippen LogP contribution in [0.2, 0.25) is 5.15 Å². The number of halogens is 1. The Morgan fingerprint density at radius 2 is 1.88 bits per heavy atom. The van der Waals surface area contributed by atoms with E-state index in [0.29, 0.717) is 47.4 Å². The number of thiophene rings is 1. The van der Waals surface area contributed by atoms with Gasteiger partial charge in [-0.25, -0.2) is 14.6 Å². The van der Waals surface area contributed by atoms with Gasteiger partial charge in [0, 0.05) is 44.0 Å². The van der Waals surface area contributed by atoms with Crippen molar-refractivity contribution in [2.24, 2.45) is 0 Å². The molecule has 9 nitrogen and oxygen atoms in total. The van der Waals surface area contributed by atoms with Gasteiger partial charge in [-0.1, -0.05) is 11.6 Å². The topological polar surface area (TPSA) is 104 Å². The molecule has 1 saturated heterocycles. The molecule has 0 radical (unpaired) electrons. The van der Waals surface area contributed by atoms with Crippen LogP contribution < -0.4 is 10.6 Å². The lowest BCUT2D eigenvalue weighted by Crippen LogP contribution is -2.50. The summed E-state index contributed by atoms with van der Waals surface area (Å²) in [5.74, 6) is -0.512. The molecule has 1 aliphatic rings. The van der Waals surface area contributed by atoms with E-state index in [1.807, 2.05) is 23.3 Å². The first kappa shape index (κ1) is 32.4. The second-order valence-electron chi connectivity index (χ2n) is 10.9. The number of benzene rings is 1. The van der Waals surface area contributed by atoms with E-state index in [4.69, 9.17) is 16.3 Å². The molecule has 3 aromatic rings. The van der Waals surface area contributed by atoms with Crippen molar-refractivity contribution < 1.29 is 19.1 Å². The van der Waals surface area contributed by atoms with Crippen LogP contribution in [-0.2, 0) is 11.3 Å². The van der Waals surface area contributed by atoms with Gasteiger partial charge in [0.25, 0.3) is 5.91 Å². The number of ether oxygens (including phenoxy) is 1. The molecule has 1 aromatic carbocycles. The van der Waals surface area contributed by atoms with Crippen LogP contribution in [0.1, 0.15) is 70.6 Å². The maximum atomic E-state index is 13.5. The number of hydrogen-bond acceptors (Lipinski definition) is 7.